The maximum absolute atomic E-state index is 12.0. The Hall–Kier alpha value is -0.330. The number of rotatable bonds is 5. The lowest BCUT2D eigenvalue weighted by Gasteiger charge is -2.38. The van der Waals surface area contributed by atoms with Crippen LogP contribution >= 0.6 is 0 Å². The van der Waals surface area contributed by atoms with Crippen molar-refractivity contribution in [3.05, 3.63) is 0 Å². The smallest absolute Gasteiger partial charge is 0.307 e. The van der Waals surface area contributed by atoms with E-state index in [2.05, 4.69) is 15.1 Å². The summed E-state index contributed by atoms with van der Waals surface area (Å²) in [6.45, 7) is 4.38. The summed E-state index contributed by atoms with van der Waals surface area (Å²) in [7, 11) is 0. The van der Waals surface area contributed by atoms with Gasteiger partial charge in [0.1, 0.15) is 0 Å². The normalized spacial score (nSPS) is 24.2. The molecule has 3 nitrogen and oxygen atoms in total. The molecule has 1 N–H and O–H groups in total. The molecule has 0 bridgehead atoms. The van der Waals surface area contributed by atoms with Gasteiger partial charge in [0.15, 0.2) is 0 Å². The third-order valence-electron chi connectivity index (χ3n) is 4.18. The van der Waals surface area contributed by atoms with Gasteiger partial charge in [-0.3, -0.25) is 9.80 Å². The number of hydrogen-bond donors (Lipinski definition) is 1. The van der Waals surface area contributed by atoms with Crippen molar-refractivity contribution < 1.29 is 13.2 Å². The Labute approximate surface area is 113 Å². The highest BCUT2D eigenvalue weighted by atomic mass is 19.4. The van der Waals surface area contributed by atoms with Gasteiger partial charge in [0.05, 0.1) is 6.54 Å². The van der Waals surface area contributed by atoms with Crippen molar-refractivity contribution in [2.75, 3.05) is 45.8 Å². The summed E-state index contributed by atoms with van der Waals surface area (Å²) in [5, 5.41) is 2.46. The minimum Gasteiger partial charge on any atom is -0.307 e. The number of piperazine rings is 1. The molecule has 2 aliphatic rings. The van der Waals surface area contributed by atoms with Crippen molar-refractivity contribution in [1.82, 2.24) is 15.1 Å². The Bertz CT molecular complexity index is 256. The maximum atomic E-state index is 12.0. The molecule has 1 saturated carbocycles. The van der Waals surface area contributed by atoms with E-state index in [0.29, 0.717) is 13.1 Å². The Morgan fingerprint density at radius 3 is 2.21 bits per heavy atom. The Balaban J connectivity index is 1.56. The molecule has 0 aromatic rings. The number of hydrogen-bond acceptors (Lipinski definition) is 3. The Morgan fingerprint density at radius 2 is 1.63 bits per heavy atom. The lowest BCUT2D eigenvalue weighted by Crippen LogP contribution is -2.51. The van der Waals surface area contributed by atoms with Gasteiger partial charge in [0, 0.05) is 45.3 Å². The fourth-order valence-electron chi connectivity index (χ4n) is 3.09. The first-order valence-electron chi connectivity index (χ1n) is 7.28. The standard InChI is InChI=1S/C13H24F3N3/c14-13(15,16)11-17-5-6-18-7-9-19(10-8-18)12-3-1-2-4-12/h12,17H,1-11H2. The number of nitrogens with one attached hydrogen (secondary N) is 1. The summed E-state index contributed by atoms with van der Waals surface area (Å²) < 4.78 is 35.9. The van der Waals surface area contributed by atoms with E-state index < -0.39 is 12.7 Å². The van der Waals surface area contributed by atoms with E-state index in [-0.39, 0.29) is 0 Å². The molecule has 2 fully saturated rings. The van der Waals surface area contributed by atoms with Crippen LogP contribution in [-0.4, -0.2) is 67.8 Å². The molecule has 19 heavy (non-hydrogen) atoms. The zero-order valence-corrected chi connectivity index (χ0v) is 11.4. The number of alkyl halides is 3. The van der Waals surface area contributed by atoms with Gasteiger partial charge in [-0.05, 0) is 12.8 Å². The fourth-order valence-corrected chi connectivity index (χ4v) is 3.09. The molecule has 2 rings (SSSR count). The van der Waals surface area contributed by atoms with E-state index in [4.69, 9.17) is 0 Å². The summed E-state index contributed by atoms with van der Waals surface area (Å²) in [6, 6.07) is 0.769. The van der Waals surface area contributed by atoms with Crippen molar-refractivity contribution in [2.45, 2.75) is 37.9 Å². The van der Waals surface area contributed by atoms with Crippen molar-refractivity contribution in [3.63, 3.8) is 0 Å². The quantitative estimate of drug-likeness (QED) is 0.773. The third kappa shape index (κ3) is 5.28. The topological polar surface area (TPSA) is 18.5 Å². The first-order valence-corrected chi connectivity index (χ1v) is 7.28. The van der Waals surface area contributed by atoms with E-state index in [1.165, 1.54) is 25.7 Å². The highest BCUT2D eigenvalue weighted by Gasteiger charge is 2.27. The Kier molecular flexibility index (Phi) is 5.47. The van der Waals surface area contributed by atoms with Gasteiger partial charge in [-0.2, -0.15) is 13.2 Å². The average molecular weight is 279 g/mol. The largest absolute Gasteiger partial charge is 0.401 e. The van der Waals surface area contributed by atoms with Crippen LogP contribution in [0.2, 0.25) is 0 Å². The van der Waals surface area contributed by atoms with Gasteiger partial charge in [-0.15, -0.1) is 0 Å². The van der Waals surface area contributed by atoms with Gasteiger partial charge in [0.25, 0.3) is 0 Å². The van der Waals surface area contributed by atoms with E-state index in [0.717, 1.165) is 32.2 Å². The van der Waals surface area contributed by atoms with Crippen molar-refractivity contribution in [3.8, 4) is 0 Å². The molecule has 1 saturated heterocycles. The average Bonchev–Trinajstić information content (AvgIpc) is 2.88. The molecule has 0 unspecified atom stereocenters. The molecular weight excluding hydrogens is 255 g/mol. The summed E-state index contributed by atoms with van der Waals surface area (Å²) >= 11 is 0. The molecular formula is C13H24F3N3. The predicted molar refractivity (Wildman–Crippen MR) is 69.2 cm³/mol. The number of halogens is 3. The van der Waals surface area contributed by atoms with Gasteiger partial charge >= 0.3 is 6.18 Å². The first kappa shape index (κ1) is 15.1. The summed E-state index contributed by atoms with van der Waals surface area (Å²) in [4.78, 5) is 4.82. The second-order valence-corrected chi connectivity index (χ2v) is 5.61. The number of nitrogens with zero attached hydrogens (tertiary/aromatic N) is 2. The Morgan fingerprint density at radius 1 is 1.00 bits per heavy atom. The molecule has 0 atom stereocenters. The van der Waals surface area contributed by atoms with Crippen LogP contribution in [0.15, 0.2) is 0 Å². The molecule has 1 heterocycles. The molecule has 1 aliphatic heterocycles. The van der Waals surface area contributed by atoms with Gasteiger partial charge in [-0.1, -0.05) is 12.8 Å². The second-order valence-electron chi connectivity index (χ2n) is 5.61. The van der Waals surface area contributed by atoms with Gasteiger partial charge < -0.3 is 5.32 Å². The molecule has 0 radical (unpaired) electrons. The SMILES string of the molecule is FC(F)(F)CNCCN1CCN(C2CCCC2)CC1. The second kappa shape index (κ2) is 6.90. The van der Waals surface area contributed by atoms with E-state index >= 15 is 0 Å². The lowest BCUT2D eigenvalue weighted by molar-refractivity contribution is -0.124. The molecule has 1 aliphatic carbocycles. The highest BCUT2D eigenvalue weighted by Crippen LogP contribution is 2.24. The maximum Gasteiger partial charge on any atom is 0.401 e. The van der Waals surface area contributed by atoms with E-state index in [9.17, 15) is 13.2 Å². The molecule has 0 spiro atoms. The molecule has 112 valence electrons. The third-order valence-corrected chi connectivity index (χ3v) is 4.18. The molecule has 0 amide bonds. The first-order chi connectivity index (χ1) is 9.04. The van der Waals surface area contributed by atoms with E-state index in [1.54, 1.807) is 0 Å². The highest BCUT2D eigenvalue weighted by molar-refractivity contribution is 4.82. The predicted octanol–water partition coefficient (Wildman–Crippen LogP) is 1.70. The molecule has 6 heteroatoms. The summed E-state index contributed by atoms with van der Waals surface area (Å²) in [6.07, 6.45) is 1.26. The van der Waals surface area contributed by atoms with Crippen LogP contribution in [0.5, 0.6) is 0 Å². The monoisotopic (exact) mass is 279 g/mol. The van der Waals surface area contributed by atoms with Crippen LogP contribution in [0.4, 0.5) is 13.2 Å². The van der Waals surface area contributed by atoms with Crippen LogP contribution in [0, 0.1) is 0 Å². The van der Waals surface area contributed by atoms with Crippen LogP contribution in [0.3, 0.4) is 0 Å². The zero-order valence-electron chi connectivity index (χ0n) is 11.4. The molecule has 0 aromatic heterocycles. The van der Waals surface area contributed by atoms with Crippen LogP contribution in [0.1, 0.15) is 25.7 Å². The van der Waals surface area contributed by atoms with Crippen LogP contribution < -0.4 is 5.32 Å². The van der Waals surface area contributed by atoms with Crippen LogP contribution in [-0.2, 0) is 0 Å². The van der Waals surface area contributed by atoms with Gasteiger partial charge in [-0.25, -0.2) is 0 Å². The minimum atomic E-state index is -4.10. The summed E-state index contributed by atoms with van der Waals surface area (Å²) in [5.74, 6) is 0. The van der Waals surface area contributed by atoms with E-state index in [1.807, 2.05) is 0 Å². The fraction of sp³-hybridized carbons (Fsp3) is 1.00. The van der Waals surface area contributed by atoms with Crippen molar-refractivity contribution in [2.24, 2.45) is 0 Å². The van der Waals surface area contributed by atoms with Gasteiger partial charge in [0.2, 0.25) is 0 Å². The van der Waals surface area contributed by atoms with Crippen LogP contribution in [0.25, 0.3) is 0 Å². The van der Waals surface area contributed by atoms with Crippen molar-refractivity contribution in [1.29, 1.82) is 0 Å². The molecule has 0 aromatic carbocycles. The minimum absolute atomic E-state index is 0.420. The zero-order chi connectivity index (χ0) is 13.7. The lowest BCUT2D eigenvalue weighted by atomic mass is 10.2. The summed E-state index contributed by atoms with van der Waals surface area (Å²) in [5.41, 5.74) is 0. The van der Waals surface area contributed by atoms with Crippen molar-refractivity contribution >= 4 is 0 Å².